The molecule has 0 saturated carbocycles. The molecule has 10 heteroatoms. The van der Waals surface area contributed by atoms with Crippen molar-refractivity contribution < 1.29 is 19.1 Å². The van der Waals surface area contributed by atoms with Crippen LogP contribution in [-0.4, -0.2) is 37.2 Å². The van der Waals surface area contributed by atoms with Crippen LogP contribution in [0.4, 0.5) is 5.69 Å². The molecular weight excluding hydrogens is 570 g/mol. The number of ether oxygens (including phenoxy) is 2. The third kappa shape index (κ3) is 4.12. The minimum Gasteiger partial charge on any atom is -0.496 e. The summed E-state index contributed by atoms with van der Waals surface area (Å²) in [6.45, 7) is 3.93. The first-order valence-electron chi connectivity index (χ1n) is 12.3. The molecule has 2 aliphatic heterocycles. The molecule has 196 valence electrons. The number of carbonyl (C=O) groups excluding carboxylic acids is 2. The van der Waals surface area contributed by atoms with Gasteiger partial charge in [0.05, 0.1) is 36.2 Å². The van der Waals surface area contributed by atoms with E-state index in [9.17, 15) is 14.4 Å². The van der Waals surface area contributed by atoms with Crippen LogP contribution in [0.3, 0.4) is 0 Å². The van der Waals surface area contributed by atoms with E-state index in [1.165, 1.54) is 4.57 Å². The lowest BCUT2D eigenvalue weighted by atomic mass is 9.93. The summed E-state index contributed by atoms with van der Waals surface area (Å²) in [7, 11) is 3.24. The summed E-state index contributed by atoms with van der Waals surface area (Å²) in [6, 6.07) is 12.0. The van der Waals surface area contributed by atoms with Gasteiger partial charge in [0.15, 0.2) is 4.80 Å². The number of hydrogen-bond acceptors (Lipinski definition) is 7. The highest BCUT2D eigenvalue weighted by Crippen LogP contribution is 2.38. The summed E-state index contributed by atoms with van der Waals surface area (Å²) in [6.07, 6.45) is 1.26. The predicted molar refractivity (Wildman–Crippen MR) is 149 cm³/mol. The van der Waals surface area contributed by atoms with Crippen molar-refractivity contribution in [2.75, 3.05) is 25.7 Å². The second-order valence-corrected chi connectivity index (χ2v) is 10.8. The van der Waals surface area contributed by atoms with Gasteiger partial charge in [-0.2, -0.15) is 0 Å². The van der Waals surface area contributed by atoms with Gasteiger partial charge in [0, 0.05) is 22.6 Å². The second kappa shape index (κ2) is 10.3. The number of nitrogens with zero attached hydrogens (tertiary/aromatic N) is 3. The van der Waals surface area contributed by atoms with Crippen molar-refractivity contribution >= 4 is 50.4 Å². The van der Waals surface area contributed by atoms with Crippen LogP contribution in [0.5, 0.6) is 5.75 Å². The quantitative estimate of drug-likeness (QED) is 0.405. The maximum Gasteiger partial charge on any atom is 0.338 e. The number of anilines is 1. The number of allylic oxidation sites excluding steroid dienone is 1. The fraction of sp³-hybridized carbons (Fsp3) is 0.286. The summed E-state index contributed by atoms with van der Waals surface area (Å²) in [5.41, 5.74) is 2.83. The molecule has 0 saturated heterocycles. The Hall–Kier alpha value is -3.50. The number of methoxy groups -OCH3 is 1. The lowest BCUT2D eigenvalue weighted by Crippen LogP contribution is -2.41. The Kier molecular flexibility index (Phi) is 7.11. The number of para-hydroxylation sites is 1. The molecule has 0 aliphatic carbocycles. The van der Waals surface area contributed by atoms with E-state index >= 15 is 0 Å². The molecule has 0 unspecified atom stereocenters. The van der Waals surface area contributed by atoms with Crippen molar-refractivity contribution in [2.45, 2.75) is 32.7 Å². The van der Waals surface area contributed by atoms with Gasteiger partial charge in [-0.1, -0.05) is 58.8 Å². The molecule has 1 atom stereocenters. The van der Waals surface area contributed by atoms with Gasteiger partial charge in [-0.25, -0.2) is 9.79 Å². The molecule has 1 amide bonds. The fourth-order valence-corrected chi connectivity index (χ4v) is 6.44. The largest absolute Gasteiger partial charge is 0.496 e. The van der Waals surface area contributed by atoms with E-state index in [-0.39, 0.29) is 17.0 Å². The Morgan fingerprint density at radius 2 is 1.92 bits per heavy atom. The van der Waals surface area contributed by atoms with Gasteiger partial charge in [-0.15, -0.1) is 0 Å². The zero-order chi connectivity index (χ0) is 27.1. The zero-order valence-electron chi connectivity index (χ0n) is 21.4. The van der Waals surface area contributed by atoms with Crippen LogP contribution in [0.2, 0.25) is 0 Å². The van der Waals surface area contributed by atoms with Crippen LogP contribution < -0.4 is 24.5 Å². The first-order valence-corrected chi connectivity index (χ1v) is 13.9. The first-order chi connectivity index (χ1) is 18.3. The normalized spacial score (nSPS) is 17.8. The average Bonchev–Trinajstić information content (AvgIpc) is 3.35. The third-order valence-corrected chi connectivity index (χ3v) is 8.18. The van der Waals surface area contributed by atoms with Gasteiger partial charge >= 0.3 is 5.97 Å². The number of hydrogen-bond donors (Lipinski definition) is 0. The maximum absolute atomic E-state index is 14.2. The van der Waals surface area contributed by atoms with Crippen LogP contribution in [-0.2, 0) is 14.3 Å². The zero-order valence-corrected chi connectivity index (χ0v) is 23.8. The number of aromatic nitrogens is 1. The van der Waals surface area contributed by atoms with Gasteiger partial charge in [0.2, 0.25) is 0 Å². The second-order valence-electron chi connectivity index (χ2n) is 8.88. The van der Waals surface area contributed by atoms with E-state index in [1.54, 1.807) is 32.0 Å². The van der Waals surface area contributed by atoms with E-state index in [4.69, 9.17) is 14.5 Å². The standard InChI is InChI=1S/C28H26BrN3O5S/c1-5-9-18-22(27(35)37-6-2)23(16-10-7-8-11-20(16)36-4)32-26(34)24(38-28(32)30-18)21-17-14-15(29)12-13-19(17)31(3)25(21)33/h7-8,10-14,23H,5-6,9H2,1-4H3/b24-21-/t23-/m1/s1. The molecule has 38 heavy (non-hydrogen) atoms. The van der Waals surface area contributed by atoms with Crippen LogP contribution in [0.25, 0.3) is 5.57 Å². The number of rotatable bonds is 6. The van der Waals surface area contributed by atoms with E-state index in [2.05, 4.69) is 15.9 Å². The molecule has 3 heterocycles. The van der Waals surface area contributed by atoms with Crippen molar-refractivity contribution in [2.24, 2.45) is 4.99 Å². The molecule has 0 spiro atoms. The number of thiazole rings is 1. The lowest BCUT2D eigenvalue weighted by molar-refractivity contribution is -0.139. The van der Waals surface area contributed by atoms with Gasteiger partial charge in [0.25, 0.3) is 11.5 Å². The highest BCUT2D eigenvalue weighted by atomic mass is 79.9. The van der Waals surface area contributed by atoms with Crippen LogP contribution in [0, 0.1) is 0 Å². The maximum atomic E-state index is 14.2. The van der Waals surface area contributed by atoms with E-state index in [0.717, 1.165) is 27.9 Å². The van der Waals surface area contributed by atoms with Crippen LogP contribution >= 0.6 is 27.3 Å². The Bertz CT molecular complexity index is 1690. The van der Waals surface area contributed by atoms with Gasteiger partial charge in [0.1, 0.15) is 16.3 Å². The number of esters is 1. The number of likely N-dealkylation sites (N-methyl/N-ethyl adjacent to an activating group) is 1. The van der Waals surface area contributed by atoms with Crippen LogP contribution in [0.1, 0.15) is 43.9 Å². The van der Waals surface area contributed by atoms with Gasteiger partial charge < -0.3 is 14.4 Å². The van der Waals surface area contributed by atoms with Gasteiger partial charge in [-0.3, -0.25) is 14.2 Å². The third-order valence-electron chi connectivity index (χ3n) is 6.64. The smallest absolute Gasteiger partial charge is 0.338 e. The Balaban J connectivity index is 1.89. The number of halogens is 1. The number of amides is 1. The Labute approximate surface area is 231 Å². The van der Waals surface area contributed by atoms with Crippen molar-refractivity contribution in [1.29, 1.82) is 0 Å². The summed E-state index contributed by atoms with van der Waals surface area (Å²) < 4.78 is 13.7. The summed E-state index contributed by atoms with van der Waals surface area (Å²) in [5, 5.41) is 0. The molecule has 2 aromatic carbocycles. The number of carbonyl (C=O) groups is 2. The van der Waals surface area contributed by atoms with E-state index in [1.807, 2.05) is 43.3 Å². The Morgan fingerprint density at radius 1 is 1.16 bits per heavy atom. The van der Waals surface area contributed by atoms with E-state index in [0.29, 0.717) is 44.9 Å². The summed E-state index contributed by atoms with van der Waals surface area (Å²) in [4.78, 5) is 47.8. The van der Waals surface area contributed by atoms with Crippen molar-refractivity contribution in [3.05, 3.63) is 89.0 Å². The first kappa shape index (κ1) is 26.1. The molecule has 3 aromatic rings. The van der Waals surface area contributed by atoms with Crippen molar-refractivity contribution in [3.63, 3.8) is 0 Å². The number of benzene rings is 2. The van der Waals surface area contributed by atoms with Crippen molar-refractivity contribution in [1.82, 2.24) is 4.57 Å². The molecule has 2 aliphatic rings. The Morgan fingerprint density at radius 3 is 2.63 bits per heavy atom. The average molecular weight is 597 g/mol. The topological polar surface area (TPSA) is 90.2 Å². The van der Waals surface area contributed by atoms with Crippen molar-refractivity contribution in [3.8, 4) is 5.75 Å². The van der Waals surface area contributed by atoms with E-state index < -0.39 is 17.6 Å². The minimum atomic E-state index is -0.825. The molecule has 8 nitrogen and oxygen atoms in total. The molecule has 0 N–H and O–H groups in total. The molecule has 1 aromatic heterocycles. The summed E-state index contributed by atoms with van der Waals surface area (Å²) in [5.74, 6) is -0.267. The molecule has 0 fully saturated rings. The SMILES string of the molecule is CCCC1=C(C(=O)OCC)[C@@H](c2ccccc2OC)n2c(s/c(=C3\C(=O)N(C)c4ccc(Br)cc43)c2=O)=N1. The molecule has 0 radical (unpaired) electrons. The molecular formula is C28H26BrN3O5S. The molecule has 0 bridgehead atoms. The monoisotopic (exact) mass is 595 g/mol. The highest BCUT2D eigenvalue weighted by Gasteiger charge is 2.38. The molecule has 5 rings (SSSR count). The lowest BCUT2D eigenvalue weighted by Gasteiger charge is -2.26. The predicted octanol–water partition coefficient (Wildman–Crippen LogP) is 3.70. The van der Waals surface area contributed by atoms with Crippen LogP contribution in [0.15, 0.2) is 68.0 Å². The summed E-state index contributed by atoms with van der Waals surface area (Å²) >= 11 is 4.65. The number of fused-ring (bicyclic) bond motifs is 2. The minimum absolute atomic E-state index is 0.182. The fourth-order valence-electron chi connectivity index (χ4n) is 4.97. The van der Waals surface area contributed by atoms with Gasteiger partial charge in [-0.05, 0) is 37.6 Å². The highest BCUT2D eigenvalue weighted by molar-refractivity contribution is 9.10.